The summed E-state index contributed by atoms with van der Waals surface area (Å²) in [6.07, 6.45) is 3.17. The smallest absolute Gasteiger partial charge is 0.0839 e. The fourth-order valence-electron chi connectivity index (χ4n) is 2.39. The van der Waals surface area contributed by atoms with Crippen LogP contribution in [0.25, 0.3) is 10.9 Å². The molecular weight excluding hydrogens is 246 g/mol. The van der Waals surface area contributed by atoms with E-state index in [0.29, 0.717) is 5.02 Å². The summed E-state index contributed by atoms with van der Waals surface area (Å²) in [6.45, 7) is 4.20. The van der Waals surface area contributed by atoms with Crippen LogP contribution in [0.4, 0.5) is 0 Å². The Morgan fingerprint density at radius 3 is 2.61 bits per heavy atom. The molecule has 0 bridgehead atoms. The number of rotatable bonds is 4. The van der Waals surface area contributed by atoms with Gasteiger partial charge in [-0.25, -0.2) is 0 Å². The van der Waals surface area contributed by atoms with Crippen molar-refractivity contribution in [3.63, 3.8) is 0 Å². The molecule has 0 spiro atoms. The molecule has 1 heterocycles. The summed E-state index contributed by atoms with van der Waals surface area (Å²) in [7, 11) is 0. The van der Waals surface area contributed by atoms with Crippen molar-refractivity contribution in [2.75, 3.05) is 0 Å². The maximum absolute atomic E-state index is 10.5. The lowest BCUT2D eigenvalue weighted by Gasteiger charge is -2.21. The number of aliphatic hydroxyl groups excluding tert-OH is 1. The van der Waals surface area contributed by atoms with Gasteiger partial charge in [-0.2, -0.15) is 0 Å². The standard InChI is InChI=1S/C15H18ClNO/c1-3-10(4-2)15(18)12-7-8-13(16)11-6-5-9-17-14(11)12/h5-10,15,18H,3-4H2,1-2H3. The van der Waals surface area contributed by atoms with Crippen molar-refractivity contribution in [3.05, 3.63) is 41.0 Å². The Morgan fingerprint density at radius 2 is 1.94 bits per heavy atom. The molecule has 0 saturated carbocycles. The van der Waals surface area contributed by atoms with Crippen LogP contribution in [0.5, 0.6) is 0 Å². The molecule has 2 rings (SSSR count). The molecule has 0 fully saturated rings. The lowest BCUT2D eigenvalue weighted by atomic mass is 9.90. The van der Waals surface area contributed by atoms with Crippen molar-refractivity contribution in [1.29, 1.82) is 0 Å². The molecule has 3 heteroatoms. The number of hydrogen-bond acceptors (Lipinski definition) is 2. The van der Waals surface area contributed by atoms with Gasteiger partial charge in [0.15, 0.2) is 0 Å². The molecule has 96 valence electrons. The summed E-state index contributed by atoms with van der Waals surface area (Å²) < 4.78 is 0. The minimum atomic E-state index is -0.477. The Hall–Kier alpha value is -1.12. The van der Waals surface area contributed by atoms with Gasteiger partial charge in [0.2, 0.25) is 0 Å². The number of aromatic nitrogens is 1. The van der Waals surface area contributed by atoms with Crippen molar-refractivity contribution in [3.8, 4) is 0 Å². The average molecular weight is 264 g/mol. The fourth-order valence-corrected chi connectivity index (χ4v) is 2.60. The molecule has 0 aliphatic heterocycles. The minimum absolute atomic E-state index is 0.261. The van der Waals surface area contributed by atoms with Crippen LogP contribution in [0.3, 0.4) is 0 Å². The number of halogens is 1. The third-order valence-electron chi connectivity index (χ3n) is 3.56. The van der Waals surface area contributed by atoms with E-state index in [1.54, 1.807) is 6.20 Å². The van der Waals surface area contributed by atoms with Gasteiger partial charge in [-0.15, -0.1) is 0 Å². The second-order valence-corrected chi connectivity index (χ2v) is 4.96. The largest absolute Gasteiger partial charge is 0.388 e. The van der Waals surface area contributed by atoms with Crippen LogP contribution in [-0.4, -0.2) is 10.1 Å². The molecule has 0 radical (unpaired) electrons. The first-order chi connectivity index (χ1) is 8.69. The fraction of sp³-hybridized carbons (Fsp3) is 0.400. The normalized spacial score (nSPS) is 13.2. The zero-order valence-electron chi connectivity index (χ0n) is 10.7. The van der Waals surface area contributed by atoms with Gasteiger partial charge in [0, 0.05) is 22.2 Å². The molecule has 1 aromatic carbocycles. The molecule has 0 saturated heterocycles. The Bertz CT molecular complexity index is 537. The van der Waals surface area contributed by atoms with Gasteiger partial charge in [0.05, 0.1) is 11.6 Å². The van der Waals surface area contributed by atoms with Crippen LogP contribution in [0, 0.1) is 5.92 Å². The Morgan fingerprint density at radius 1 is 1.22 bits per heavy atom. The highest BCUT2D eigenvalue weighted by Crippen LogP contribution is 2.33. The van der Waals surface area contributed by atoms with E-state index in [4.69, 9.17) is 11.6 Å². The molecule has 1 atom stereocenters. The summed E-state index contributed by atoms with van der Waals surface area (Å²) in [6, 6.07) is 7.53. The highest BCUT2D eigenvalue weighted by molar-refractivity contribution is 6.35. The van der Waals surface area contributed by atoms with Gasteiger partial charge in [-0.3, -0.25) is 4.98 Å². The Labute approximate surface area is 113 Å². The first-order valence-corrected chi connectivity index (χ1v) is 6.78. The number of aliphatic hydroxyl groups is 1. The van der Waals surface area contributed by atoms with Gasteiger partial charge in [-0.05, 0) is 24.1 Å². The van der Waals surface area contributed by atoms with E-state index in [9.17, 15) is 5.11 Å². The maximum Gasteiger partial charge on any atom is 0.0839 e. The lowest BCUT2D eigenvalue weighted by Crippen LogP contribution is -2.11. The second-order valence-electron chi connectivity index (χ2n) is 4.56. The molecule has 0 aliphatic rings. The van der Waals surface area contributed by atoms with Gasteiger partial charge in [-0.1, -0.05) is 44.4 Å². The SMILES string of the molecule is CCC(CC)C(O)c1ccc(Cl)c2cccnc12. The molecule has 2 nitrogen and oxygen atoms in total. The molecule has 0 amide bonds. The second kappa shape index (κ2) is 5.68. The zero-order chi connectivity index (χ0) is 13.1. The molecule has 1 unspecified atom stereocenters. The summed E-state index contributed by atoms with van der Waals surface area (Å²) in [5.41, 5.74) is 1.69. The van der Waals surface area contributed by atoms with Crippen molar-refractivity contribution in [2.45, 2.75) is 32.8 Å². The zero-order valence-corrected chi connectivity index (χ0v) is 11.5. The van der Waals surface area contributed by atoms with E-state index in [2.05, 4.69) is 18.8 Å². The van der Waals surface area contributed by atoms with Gasteiger partial charge < -0.3 is 5.11 Å². The highest BCUT2D eigenvalue weighted by Gasteiger charge is 2.20. The van der Waals surface area contributed by atoms with Crippen LogP contribution in [0.1, 0.15) is 38.4 Å². The topological polar surface area (TPSA) is 33.1 Å². The van der Waals surface area contributed by atoms with Gasteiger partial charge in [0.1, 0.15) is 0 Å². The van der Waals surface area contributed by atoms with E-state index in [1.165, 1.54) is 0 Å². The third kappa shape index (κ3) is 2.36. The van der Waals surface area contributed by atoms with Crippen molar-refractivity contribution >= 4 is 22.5 Å². The summed E-state index contributed by atoms with van der Waals surface area (Å²) in [5.74, 6) is 0.261. The Kier molecular flexibility index (Phi) is 4.20. The molecular formula is C15H18ClNO. The van der Waals surface area contributed by atoms with Gasteiger partial charge in [0.25, 0.3) is 0 Å². The third-order valence-corrected chi connectivity index (χ3v) is 3.89. The number of benzene rings is 1. The molecule has 1 N–H and O–H groups in total. The van der Waals surface area contributed by atoms with E-state index < -0.39 is 6.10 Å². The van der Waals surface area contributed by atoms with Crippen molar-refractivity contribution in [1.82, 2.24) is 4.98 Å². The Balaban J connectivity index is 2.54. The highest BCUT2D eigenvalue weighted by atomic mass is 35.5. The monoisotopic (exact) mass is 263 g/mol. The number of nitrogens with zero attached hydrogens (tertiary/aromatic N) is 1. The number of fused-ring (bicyclic) bond motifs is 1. The minimum Gasteiger partial charge on any atom is -0.388 e. The molecule has 18 heavy (non-hydrogen) atoms. The maximum atomic E-state index is 10.5. The summed E-state index contributed by atoms with van der Waals surface area (Å²) >= 11 is 6.16. The first-order valence-electron chi connectivity index (χ1n) is 6.40. The van der Waals surface area contributed by atoms with E-state index in [-0.39, 0.29) is 5.92 Å². The predicted molar refractivity (Wildman–Crippen MR) is 75.8 cm³/mol. The van der Waals surface area contributed by atoms with E-state index in [1.807, 2.05) is 24.3 Å². The summed E-state index contributed by atoms with van der Waals surface area (Å²) in [4.78, 5) is 4.37. The van der Waals surface area contributed by atoms with Crippen molar-refractivity contribution < 1.29 is 5.11 Å². The van der Waals surface area contributed by atoms with Crippen LogP contribution < -0.4 is 0 Å². The quantitative estimate of drug-likeness (QED) is 0.889. The van der Waals surface area contributed by atoms with Crippen molar-refractivity contribution in [2.24, 2.45) is 5.92 Å². The van der Waals surface area contributed by atoms with Crippen LogP contribution in [0.2, 0.25) is 5.02 Å². The predicted octanol–water partition coefficient (Wildman–Crippen LogP) is 4.36. The van der Waals surface area contributed by atoms with Gasteiger partial charge >= 0.3 is 0 Å². The molecule has 0 aliphatic carbocycles. The van der Waals surface area contributed by atoms with Crippen LogP contribution in [0.15, 0.2) is 30.5 Å². The first kappa shape index (κ1) is 13.3. The van der Waals surface area contributed by atoms with E-state index >= 15 is 0 Å². The van der Waals surface area contributed by atoms with Crippen LogP contribution >= 0.6 is 11.6 Å². The number of pyridine rings is 1. The van der Waals surface area contributed by atoms with Crippen LogP contribution in [-0.2, 0) is 0 Å². The lowest BCUT2D eigenvalue weighted by molar-refractivity contribution is 0.104. The van der Waals surface area contributed by atoms with E-state index in [0.717, 1.165) is 29.3 Å². The number of hydrogen-bond donors (Lipinski definition) is 1. The molecule has 1 aromatic heterocycles. The summed E-state index contributed by atoms with van der Waals surface area (Å²) in [5, 5.41) is 12.1. The average Bonchev–Trinajstić information content (AvgIpc) is 2.41. The molecule has 2 aromatic rings.